The highest BCUT2D eigenvalue weighted by atomic mass is 16.2. The Hall–Kier alpha value is -1.38. The number of aromatic nitrogens is 1. The molecule has 1 aliphatic heterocycles. The van der Waals surface area contributed by atoms with Gasteiger partial charge in [-0.2, -0.15) is 0 Å². The number of nitrogens with zero attached hydrogens (tertiary/aromatic N) is 2. The van der Waals surface area contributed by atoms with E-state index in [4.69, 9.17) is 0 Å². The van der Waals surface area contributed by atoms with Gasteiger partial charge in [-0.05, 0) is 62.0 Å². The summed E-state index contributed by atoms with van der Waals surface area (Å²) in [5, 5.41) is 0. The number of likely N-dealkylation sites (tertiary alicyclic amines) is 1. The summed E-state index contributed by atoms with van der Waals surface area (Å²) in [4.78, 5) is 18.9. The summed E-state index contributed by atoms with van der Waals surface area (Å²) >= 11 is 0. The highest BCUT2D eigenvalue weighted by Crippen LogP contribution is 2.40. The van der Waals surface area contributed by atoms with Crippen LogP contribution in [0.4, 0.5) is 0 Å². The van der Waals surface area contributed by atoms with Gasteiger partial charge >= 0.3 is 0 Å². The molecule has 2 aliphatic rings. The zero-order valence-electron chi connectivity index (χ0n) is 13.2. The fourth-order valence-electron chi connectivity index (χ4n) is 3.59. The van der Waals surface area contributed by atoms with Crippen molar-refractivity contribution in [3.63, 3.8) is 0 Å². The van der Waals surface area contributed by atoms with Crippen LogP contribution >= 0.6 is 0 Å². The maximum atomic E-state index is 12.4. The average molecular weight is 286 g/mol. The number of carbonyl (C=O) groups excluding carboxylic acids is 1. The molecule has 1 saturated heterocycles. The van der Waals surface area contributed by atoms with E-state index >= 15 is 0 Å². The van der Waals surface area contributed by atoms with Crippen LogP contribution in [0.15, 0.2) is 18.2 Å². The minimum absolute atomic E-state index is 0.114. The van der Waals surface area contributed by atoms with Gasteiger partial charge in [0.2, 0.25) is 0 Å². The molecule has 3 rings (SSSR count). The van der Waals surface area contributed by atoms with Crippen LogP contribution in [0.3, 0.4) is 0 Å². The number of rotatable bonds is 4. The van der Waals surface area contributed by atoms with E-state index in [1.807, 2.05) is 17.0 Å². The summed E-state index contributed by atoms with van der Waals surface area (Å²) in [5.74, 6) is 2.58. The van der Waals surface area contributed by atoms with Crippen molar-refractivity contribution in [2.24, 2.45) is 17.8 Å². The molecule has 1 aromatic heterocycles. The van der Waals surface area contributed by atoms with Crippen molar-refractivity contribution in [3.05, 3.63) is 29.6 Å². The van der Waals surface area contributed by atoms with E-state index in [0.717, 1.165) is 55.8 Å². The molecule has 0 bridgehead atoms. The van der Waals surface area contributed by atoms with Gasteiger partial charge in [-0.25, -0.2) is 4.98 Å². The lowest BCUT2D eigenvalue weighted by Crippen LogP contribution is -2.30. The maximum Gasteiger partial charge on any atom is 0.272 e. The minimum Gasteiger partial charge on any atom is -0.337 e. The summed E-state index contributed by atoms with van der Waals surface area (Å²) in [6.45, 7) is 6.41. The lowest BCUT2D eigenvalue weighted by molar-refractivity contribution is 0.0786. The smallest absolute Gasteiger partial charge is 0.272 e. The third kappa shape index (κ3) is 3.28. The van der Waals surface area contributed by atoms with E-state index in [0.29, 0.717) is 5.69 Å². The number of hydrogen-bond acceptors (Lipinski definition) is 2. The van der Waals surface area contributed by atoms with Gasteiger partial charge in [0, 0.05) is 18.8 Å². The van der Waals surface area contributed by atoms with Crippen molar-refractivity contribution in [2.45, 2.75) is 46.0 Å². The Bertz CT molecular complexity index is 500. The first-order valence-corrected chi connectivity index (χ1v) is 8.38. The molecule has 0 atom stereocenters. The summed E-state index contributed by atoms with van der Waals surface area (Å²) in [6.07, 6.45) is 5.94. The summed E-state index contributed by atoms with van der Waals surface area (Å²) < 4.78 is 0. The number of amides is 1. The second-order valence-corrected chi connectivity index (χ2v) is 7.06. The first-order valence-electron chi connectivity index (χ1n) is 8.38. The lowest BCUT2D eigenvalue weighted by atomic mass is 9.68. The third-order valence-electron chi connectivity index (χ3n) is 5.13. The van der Waals surface area contributed by atoms with Gasteiger partial charge in [-0.15, -0.1) is 0 Å². The second-order valence-electron chi connectivity index (χ2n) is 7.06. The van der Waals surface area contributed by atoms with Crippen LogP contribution < -0.4 is 0 Å². The maximum absolute atomic E-state index is 12.4. The van der Waals surface area contributed by atoms with Crippen LogP contribution in [0.5, 0.6) is 0 Å². The molecular formula is C18H26N2O. The first kappa shape index (κ1) is 14.6. The van der Waals surface area contributed by atoms with Crippen LogP contribution in [-0.4, -0.2) is 28.9 Å². The highest BCUT2D eigenvalue weighted by molar-refractivity contribution is 5.92. The molecule has 0 aromatic carbocycles. The number of hydrogen-bond donors (Lipinski definition) is 0. The van der Waals surface area contributed by atoms with Gasteiger partial charge in [0.25, 0.3) is 5.91 Å². The highest BCUT2D eigenvalue weighted by Gasteiger charge is 2.31. The third-order valence-corrected chi connectivity index (χ3v) is 5.13. The molecule has 1 saturated carbocycles. The molecule has 114 valence electrons. The monoisotopic (exact) mass is 286 g/mol. The molecule has 21 heavy (non-hydrogen) atoms. The van der Waals surface area contributed by atoms with Crippen molar-refractivity contribution in [1.29, 1.82) is 0 Å². The fraction of sp³-hybridized carbons (Fsp3) is 0.667. The summed E-state index contributed by atoms with van der Waals surface area (Å²) in [5.41, 5.74) is 1.72. The molecule has 2 fully saturated rings. The van der Waals surface area contributed by atoms with Gasteiger partial charge in [0.05, 0.1) is 0 Å². The largest absolute Gasteiger partial charge is 0.337 e. The topological polar surface area (TPSA) is 33.2 Å². The van der Waals surface area contributed by atoms with E-state index < -0.39 is 0 Å². The van der Waals surface area contributed by atoms with Crippen LogP contribution in [0, 0.1) is 17.8 Å². The van der Waals surface area contributed by atoms with Crippen molar-refractivity contribution >= 4 is 5.91 Å². The van der Waals surface area contributed by atoms with Crippen LogP contribution in [0.1, 0.15) is 55.7 Å². The Morgan fingerprint density at radius 3 is 2.67 bits per heavy atom. The zero-order chi connectivity index (χ0) is 14.8. The van der Waals surface area contributed by atoms with Gasteiger partial charge < -0.3 is 4.90 Å². The molecule has 3 heteroatoms. The normalized spacial score (nSPS) is 25.2. The quantitative estimate of drug-likeness (QED) is 0.848. The summed E-state index contributed by atoms with van der Waals surface area (Å²) in [6, 6.07) is 5.93. The second kappa shape index (κ2) is 6.17. The SMILES string of the molecule is CC(C)C1CC(Cc2cccc(C(=O)N3CCCC3)n2)C1. The lowest BCUT2D eigenvalue weighted by Gasteiger charge is -2.38. The number of pyridine rings is 1. The van der Waals surface area contributed by atoms with Gasteiger partial charge in [-0.1, -0.05) is 19.9 Å². The van der Waals surface area contributed by atoms with Gasteiger partial charge in [0.15, 0.2) is 0 Å². The molecular weight excluding hydrogens is 260 g/mol. The van der Waals surface area contributed by atoms with E-state index in [9.17, 15) is 4.79 Å². The van der Waals surface area contributed by atoms with Crippen molar-refractivity contribution in [1.82, 2.24) is 9.88 Å². The molecule has 1 aromatic rings. The van der Waals surface area contributed by atoms with Gasteiger partial charge in [0.1, 0.15) is 5.69 Å². The Kier molecular flexibility index (Phi) is 4.27. The number of carbonyl (C=O) groups is 1. The van der Waals surface area contributed by atoms with Crippen LogP contribution in [0.25, 0.3) is 0 Å². The van der Waals surface area contributed by atoms with E-state index in [2.05, 4.69) is 24.9 Å². The Morgan fingerprint density at radius 2 is 2.00 bits per heavy atom. The fourth-order valence-corrected chi connectivity index (χ4v) is 3.59. The van der Waals surface area contributed by atoms with Crippen LogP contribution in [0.2, 0.25) is 0 Å². The Balaban J connectivity index is 1.60. The van der Waals surface area contributed by atoms with E-state index in [-0.39, 0.29) is 5.91 Å². The molecule has 3 nitrogen and oxygen atoms in total. The van der Waals surface area contributed by atoms with Crippen LogP contribution in [-0.2, 0) is 6.42 Å². The Morgan fingerprint density at radius 1 is 1.29 bits per heavy atom. The Labute approximate surface area is 127 Å². The van der Waals surface area contributed by atoms with Crippen molar-refractivity contribution in [2.75, 3.05) is 13.1 Å². The molecule has 0 spiro atoms. The minimum atomic E-state index is 0.114. The van der Waals surface area contributed by atoms with E-state index in [1.165, 1.54) is 12.8 Å². The molecule has 0 unspecified atom stereocenters. The molecule has 1 aliphatic carbocycles. The zero-order valence-corrected chi connectivity index (χ0v) is 13.2. The predicted molar refractivity (Wildman–Crippen MR) is 84.1 cm³/mol. The summed E-state index contributed by atoms with van der Waals surface area (Å²) in [7, 11) is 0. The average Bonchev–Trinajstić information content (AvgIpc) is 2.95. The predicted octanol–water partition coefficient (Wildman–Crippen LogP) is 3.54. The molecule has 0 N–H and O–H groups in total. The van der Waals surface area contributed by atoms with Crippen molar-refractivity contribution in [3.8, 4) is 0 Å². The first-order chi connectivity index (χ1) is 10.1. The standard InChI is InChI=1S/C18H26N2O/c1-13(2)15-10-14(11-15)12-16-6-5-7-17(19-16)18(21)20-8-3-4-9-20/h5-7,13-15H,3-4,8-12H2,1-2H3. The van der Waals surface area contributed by atoms with Gasteiger partial charge in [-0.3, -0.25) is 4.79 Å². The molecule has 0 radical (unpaired) electrons. The van der Waals surface area contributed by atoms with Crippen molar-refractivity contribution < 1.29 is 4.79 Å². The molecule has 2 heterocycles. The molecule has 1 amide bonds. The van der Waals surface area contributed by atoms with E-state index in [1.54, 1.807) is 0 Å².